The van der Waals surface area contributed by atoms with Crippen LogP contribution >= 0.6 is 0 Å². The molecule has 1 aliphatic rings. The van der Waals surface area contributed by atoms with Gasteiger partial charge in [-0.25, -0.2) is 0 Å². The second kappa shape index (κ2) is 12.0. The summed E-state index contributed by atoms with van der Waals surface area (Å²) in [5, 5.41) is 20.2. The van der Waals surface area contributed by atoms with Crippen molar-refractivity contribution < 1.29 is 10.2 Å². The van der Waals surface area contributed by atoms with E-state index in [0.717, 1.165) is 32.1 Å². The van der Waals surface area contributed by atoms with Crippen LogP contribution in [-0.2, 0) is 0 Å². The molecule has 0 radical (unpaired) electrons. The summed E-state index contributed by atoms with van der Waals surface area (Å²) in [7, 11) is 0. The van der Waals surface area contributed by atoms with Crippen LogP contribution in [0.3, 0.4) is 0 Å². The Bertz CT molecular complexity index is 732. The molecular weight excluding hydrogens is 356 g/mol. The van der Waals surface area contributed by atoms with Crippen molar-refractivity contribution in [2.24, 2.45) is 0 Å². The van der Waals surface area contributed by atoms with Crippen LogP contribution in [0.1, 0.15) is 93.4 Å². The quantitative estimate of drug-likeness (QED) is 0.365. The maximum Gasteiger partial charge on any atom is 0.111 e. The van der Waals surface area contributed by atoms with Gasteiger partial charge in [-0.05, 0) is 98.8 Å². The minimum absolute atomic E-state index is 0.241. The Morgan fingerprint density at radius 2 is 1.66 bits per heavy atom. The highest BCUT2D eigenvalue weighted by Gasteiger charge is 2.25. The van der Waals surface area contributed by atoms with Gasteiger partial charge in [-0.2, -0.15) is 0 Å². The number of hydrogen-bond acceptors (Lipinski definition) is 2. The first-order chi connectivity index (χ1) is 13.5. The van der Waals surface area contributed by atoms with Gasteiger partial charge in [0.25, 0.3) is 0 Å². The zero-order chi connectivity index (χ0) is 22.0. The fourth-order valence-corrected chi connectivity index (χ4v) is 3.50. The summed E-state index contributed by atoms with van der Waals surface area (Å²) in [6.45, 7) is 15.3. The lowest BCUT2D eigenvalue weighted by Crippen LogP contribution is -2.27. The minimum Gasteiger partial charge on any atom is -0.508 e. The third-order valence-corrected chi connectivity index (χ3v) is 5.83. The fourth-order valence-electron chi connectivity index (χ4n) is 3.50. The van der Waals surface area contributed by atoms with E-state index in [9.17, 15) is 10.2 Å². The molecule has 0 spiro atoms. The van der Waals surface area contributed by atoms with E-state index in [0.29, 0.717) is 12.8 Å². The molecule has 0 amide bonds. The monoisotopic (exact) mass is 398 g/mol. The van der Waals surface area contributed by atoms with Gasteiger partial charge in [-0.15, -0.1) is 0 Å². The van der Waals surface area contributed by atoms with Crippen LogP contribution in [0.4, 0.5) is 0 Å². The van der Waals surface area contributed by atoms with E-state index in [1.165, 1.54) is 33.4 Å². The standard InChI is InChI=1S/C27H42O2/c1-20(2)9-8-10-22(5)11-13-25(21(3)4)14-12-23(6)24(7)19-27(29)17-15-26(28)16-18-27/h9,11,15-17,28-29H,8,10,12-14,18-19H2,1-7H3/b22-11+,24-23+. The molecule has 0 saturated carbocycles. The van der Waals surface area contributed by atoms with Crippen LogP contribution in [0.2, 0.25) is 0 Å². The SMILES string of the molecule is CC(C)=CCC/C(C)=C/CC(CC/C(C)=C(\C)CC1(O)C=CC(O)=CC1)=C(C)C. The third kappa shape index (κ3) is 9.99. The molecule has 0 fully saturated rings. The van der Waals surface area contributed by atoms with Gasteiger partial charge in [0.1, 0.15) is 5.76 Å². The molecule has 2 nitrogen and oxygen atoms in total. The molecule has 29 heavy (non-hydrogen) atoms. The smallest absolute Gasteiger partial charge is 0.111 e. The van der Waals surface area contributed by atoms with Gasteiger partial charge in [0.05, 0.1) is 5.60 Å². The summed E-state index contributed by atoms with van der Waals surface area (Å²) >= 11 is 0. The first-order valence-electron chi connectivity index (χ1n) is 10.9. The van der Waals surface area contributed by atoms with Crippen LogP contribution in [0.15, 0.2) is 69.6 Å². The number of allylic oxidation sites excluding steroid dienone is 8. The van der Waals surface area contributed by atoms with Crippen LogP contribution in [-0.4, -0.2) is 15.8 Å². The summed E-state index contributed by atoms with van der Waals surface area (Å²) in [5.74, 6) is 0.241. The minimum atomic E-state index is -0.873. The lowest BCUT2D eigenvalue weighted by molar-refractivity contribution is 0.0909. The first-order valence-corrected chi connectivity index (χ1v) is 10.9. The maximum absolute atomic E-state index is 10.7. The molecule has 0 heterocycles. The zero-order valence-corrected chi connectivity index (χ0v) is 19.7. The lowest BCUT2D eigenvalue weighted by Gasteiger charge is -2.27. The summed E-state index contributed by atoms with van der Waals surface area (Å²) in [5.41, 5.74) is 7.51. The Labute approximate surface area is 179 Å². The molecule has 0 aromatic heterocycles. The van der Waals surface area contributed by atoms with E-state index in [1.54, 1.807) is 18.2 Å². The average molecular weight is 399 g/mol. The zero-order valence-electron chi connectivity index (χ0n) is 19.7. The second-order valence-electron chi connectivity index (χ2n) is 9.19. The van der Waals surface area contributed by atoms with Crippen molar-refractivity contribution in [3.8, 4) is 0 Å². The van der Waals surface area contributed by atoms with Crippen molar-refractivity contribution in [2.45, 2.75) is 99.0 Å². The Hall–Kier alpha value is -1.80. The van der Waals surface area contributed by atoms with Crippen LogP contribution in [0.5, 0.6) is 0 Å². The normalized spacial score (nSPS) is 20.1. The van der Waals surface area contributed by atoms with Gasteiger partial charge in [0, 0.05) is 12.8 Å². The molecule has 2 N–H and O–H groups in total. The lowest BCUT2D eigenvalue weighted by atomic mass is 9.86. The van der Waals surface area contributed by atoms with Crippen LogP contribution in [0, 0.1) is 0 Å². The van der Waals surface area contributed by atoms with Crippen molar-refractivity contribution in [2.75, 3.05) is 0 Å². The fraction of sp³-hybridized carbons (Fsp3) is 0.556. The molecule has 0 aromatic carbocycles. The van der Waals surface area contributed by atoms with Gasteiger partial charge >= 0.3 is 0 Å². The molecular formula is C27H42O2. The number of aliphatic hydroxyl groups is 2. The molecule has 1 unspecified atom stereocenters. The van der Waals surface area contributed by atoms with E-state index in [1.807, 2.05) is 0 Å². The van der Waals surface area contributed by atoms with Crippen molar-refractivity contribution in [3.63, 3.8) is 0 Å². The Morgan fingerprint density at radius 1 is 0.966 bits per heavy atom. The van der Waals surface area contributed by atoms with E-state index in [2.05, 4.69) is 60.6 Å². The highest BCUT2D eigenvalue weighted by Crippen LogP contribution is 2.30. The Balaban J connectivity index is 2.64. The van der Waals surface area contributed by atoms with E-state index in [-0.39, 0.29) is 5.76 Å². The van der Waals surface area contributed by atoms with Crippen molar-refractivity contribution in [3.05, 3.63) is 69.6 Å². The average Bonchev–Trinajstić information content (AvgIpc) is 2.63. The predicted octanol–water partition coefficient (Wildman–Crippen LogP) is 8.05. The highest BCUT2D eigenvalue weighted by molar-refractivity contribution is 5.26. The largest absolute Gasteiger partial charge is 0.508 e. The Morgan fingerprint density at radius 3 is 2.21 bits per heavy atom. The maximum atomic E-state index is 10.7. The summed E-state index contributed by atoms with van der Waals surface area (Å²) in [6.07, 6.45) is 16.2. The molecule has 0 aromatic rings. The van der Waals surface area contributed by atoms with Gasteiger partial charge in [0.15, 0.2) is 0 Å². The topological polar surface area (TPSA) is 40.5 Å². The van der Waals surface area contributed by atoms with Crippen molar-refractivity contribution in [1.29, 1.82) is 0 Å². The molecule has 1 atom stereocenters. The highest BCUT2D eigenvalue weighted by atomic mass is 16.3. The van der Waals surface area contributed by atoms with Crippen molar-refractivity contribution in [1.82, 2.24) is 0 Å². The molecule has 1 aliphatic carbocycles. The number of aliphatic hydroxyl groups excluding tert-OH is 1. The molecule has 0 saturated heterocycles. The molecule has 0 bridgehead atoms. The first kappa shape index (κ1) is 25.2. The van der Waals surface area contributed by atoms with Crippen LogP contribution < -0.4 is 0 Å². The number of hydrogen-bond donors (Lipinski definition) is 2. The molecule has 1 rings (SSSR count). The second-order valence-corrected chi connectivity index (χ2v) is 9.19. The van der Waals surface area contributed by atoms with Gasteiger partial charge in [0.2, 0.25) is 0 Å². The summed E-state index contributed by atoms with van der Waals surface area (Å²) in [4.78, 5) is 0. The van der Waals surface area contributed by atoms with Crippen molar-refractivity contribution >= 4 is 0 Å². The van der Waals surface area contributed by atoms with E-state index in [4.69, 9.17) is 0 Å². The van der Waals surface area contributed by atoms with E-state index < -0.39 is 5.60 Å². The molecule has 0 aliphatic heterocycles. The predicted molar refractivity (Wildman–Crippen MR) is 127 cm³/mol. The number of rotatable bonds is 10. The summed E-state index contributed by atoms with van der Waals surface area (Å²) in [6, 6.07) is 0. The third-order valence-electron chi connectivity index (χ3n) is 5.83. The van der Waals surface area contributed by atoms with Gasteiger partial charge in [-0.1, -0.05) is 45.6 Å². The molecule has 162 valence electrons. The van der Waals surface area contributed by atoms with Gasteiger partial charge < -0.3 is 10.2 Å². The summed E-state index contributed by atoms with van der Waals surface area (Å²) < 4.78 is 0. The molecule has 2 heteroatoms. The van der Waals surface area contributed by atoms with Crippen LogP contribution in [0.25, 0.3) is 0 Å². The Kier molecular flexibility index (Phi) is 10.5. The van der Waals surface area contributed by atoms with Gasteiger partial charge in [-0.3, -0.25) is 0 Å². The van der Waals surface area contributed by atoms with E-state index >= 15 is 0 Å².